The summed E-state index contributed by atoms with van der Waals surface area (Å²) in [7, 11) is -3.59. The van der Waals surface area contributed by atoms with Gasteiger partial charge in [-0.3, -0.25) is 0 Å². The molecule has 3 aromatic rings. The van der Waals surface area contributed by atoms with Crippen LogP contribution in [0, 0.1) is 5.82 Å². The lowest BCUT2D eigenvalue weighted by Crippen LogP contribution is -2.83. The van der Waals surface area contributed by atoms with Gasteiger partial charge in [-0.15, -0.1) is 0 Å². The zero-order valence-electron chi connectivity index (χ0n) is 17.8. The maximum Gasteiger partial charge on any atom is 0.340 e. The summed E-state index contributed by atoms with van der Waals surface area (Å²) in [5, 5.41) is 2.57. The molecule has 0 saturated carbocycles. The third kappa shape index (κ3) is 6.02. The van der Waals surface area contributed by atoms with Crippen molar-refractivity contribution in [1.29, 1.82) is 0 Å². The number of fused-ring (bicyclic) bond motifs is 1. The molecule has 1 heterocycles. The van der Waals surface area contributed by atoms with Gasteiger partial charge in [0.15, 0.2) is 6.61 Å². The van der Waals surface area contributed by atoms with Crippen LogP contribution in [0.2, 0.25) is 0 Å². The van der Waals surface area contributed by atoms with Gasteiger partial charge in [0.25, 0.3) is 0 Å². The highest BCUT2D eigenvalue weighted by Crippen LogP contribution is 2.25. The SMILES string of the molecule is CCS(=O)(=O)n1cc(CC[NH2+]Cc2cccc(OCC(F)(F)C(F)F)c2)c2ccc(F)cc21. The molecule has 2 aromatic carbocycles. The van der Waals surface area contributed by atoms with Crippen molar-refractivity contribution in [2.45, 2.75) is 32.2 Å². The maximum absolute atomic E-state index is 13.7. The second-order valence-electron chi connectivity index (χ2n) is 7.54. The Balaban J connectivity index is 1.63. The molecule has 180 valence electrons. The smallest absolute Gasteiger partial charge is 0.340 e. The Hall–Kier alpha value is -2.66. The molecule has 5 nitrogen and oxygen atoms in total. The van der Waals surface area contributed by atoms with Gasteiger partial charge < -0.3 is 10.1 Å². The van der Waals surface area contributed by atoms with Crippen LogP contribution in [-0.2, 0) is 23.0 Å². The lowest BCUT2D eigenvalue weighted by Gasteiger charge is -2.16. The first-order valence-corrected chi connectivity index (χ1v) is 11.9. The summed E-state index contributed by atoms with van der Waals surface area (Å²) < 4.78 is 94.9. The van der Waals surface area contributed by atoms with E-state index >= 15 is 0 Å². The molecule has 0 aliphatic heterocycles. The molecule has 0 atom stereocenters. The third-order valence-electron chi connectivity index (χ3n) is 5.13. The van der Waals surface area contributed by atoms with Crippen LogP contribution < -0.4 is 10.1 Å². The number of hydrogen-bond donors (Lipinski definition) is 1. The number of rotatable bonds is 11. The minimum absolute atomic E-state index is 0.0658. The number of nitrogens with two attached hydrogens (primary N) is 1. The van der Waals surface area contributed by atoms with Crippen LogP contribution in [0.4, 0.5) is 22.0 Å². The molecule has 0 unspecified atom stereocenters. The van der Waals surface area contributed by atoms with E-state index in [0.717, 1.165) is 15.1 Å². The number of aromatic nitrogens is 1. The van der Waals surface area contributed by atoms with E-state index in [4.69, 9.17) is 4.74 Å². The first-order chi connectivity index (χ1) is 15.5. The predicted octanol–water partition coefficient (Wildman–Crippen LogP) is 3.56. The van der Waals surface area contributed by atoms with Crippen molar-refractivity contribution in [3.63, 3.8) is 0 Å². The molecular formula is C22H24F5N2O3S+. The largest absolute Gasteiger partial charge is 0.487 e. The first-order valence-electron chi connectivity index (χ1n) is 10.3. The molecule has 11 heteroatoms. The van der Waals surface area contributed by atoms with Gasteiger partial charge in [-0.1, -0.05) is 12.1 Å². The fourth-order valence-corrected chi connectivity index (χ4v) is 4.36. The van der Waals surface area contributed by atoms with Crippen LogP contribution >= 0.6 is 0 Å². The summed E-state index contributed by atoms with van der Waals surface area (Å²) in [4.78, 5) is 0. The quantitative estimate of drug-likeness (QED) is 0.330. The van der Waals surface area contributed by atoms with E-state index in [2.05, 4.69) is 0 Å². The second kappa shape index (κ2) is 10.1. The first kappa shape index (κ1) is 25.0. The van der Waals surface area contributed by atoms with Crippen LogP contribution in [0.5, 0.6) is 5.75 Å². The Kier molecular flexibility index (Phi) is 7.63. The zero-order chi connectivity index (χ0) is 24.2. The van der Waals surface area contributed by atoms with Crippen molar-refractivity contribution in [2.24, 2.45) is 0 Å². The molecule has 33 heavy (non-hydrogen) atoms. The maximum atomic E-state index is 13.7. The highest BCUT2D eigenvalue weighted by atomic mass is 32.2. The summed E-state index contributed by atoms with van der Waals surface area (Å²) in [5.74, 6) is -4.81. The third-order valence-corrected chi connectivity index (χ3v) is 6.76. The van der Waals surface area contributed by atoms with Gasteiger partial charge in [0.2, 0.25) is 10.0 Å². The van der Waals surface area contributed by atoms with Crippen molar-refractivity contribution in [3.05, 3.63) is 65.6 Å². The molecule has 3 rings (SSSR count). The normalized spacial score (nSPS) is 12.6. The molecule has 0 aliphatic rings. The molecule has 0 amide bonds. The van der Waals surface area contributed by atoms with E-state index in [1.165, 1.54) is 37.4 Å². The van der Waals surface area contributed by atoms with Gasteiger partial charge in [0.1, 0.15) is 18.1 Å². The molecule has 0 fully saturated rings. The molecule has 0 radical (unpaired) electrons. The highest BCUT2D eigenvalue weighted by Gasteiger charge is 2.41. The van der Waals surface area contributed by atoms with Gasteiger partial charge in [-0.2, -0.15) is 8.78 Å². The average molecular weight is 492 g/mol. The summed E-state index contributed by atoms with van der Waals surface area (Å²) in [6, 6.07) is 10.3. The number of quaternary nitrogens is 1. The van der Waals surface area contributed by atoms with Crippen molar-refractivity contribution in [2.75, 3.05) is 18.9 Å². The second-order valence-corrected chi connectivity index (χ2v) is 9.68. The van der Waals surface area contributed by atoms with Gasteiger partial charge >= 0.3 is 12.3 Å². The Labute approximate surface area is 188 Å². The summed E-state index contributed by atoms with van der Waals surface area (Å²) in [6.07, 6.45) is -1.79. The minimum atomic E-state index is -4.23. The van der Waals surface area contributed by atoms with Crippen LogP contribution in [0.15, 0.2) is 48.7 Å². The number of alkyl halides is 4. The standard InChI is InChI=1S/C22H23F5N2O3S/c1-2-33(30,31)29-13-16(19-7-6-17(23)11-20(19)29)8-9-28-12-15-4-3-5-18(10-15)32-14-22(26,27)21(24)25/h3-7,10-11,13,21,28H,2,8-9,12,14H2,1H3/p+1. The highest BCUT2D eigenvalue weighted by molar-refractivity contribution is 7.90. The zero-order valence-corrected chi connectivity index (χ0v) is 18.6. The van der Waals surface area contributed by atoms with E-state index in [0.29, 0.717) is 24.9 Å². The molecule has 0 spiro atoms. The summed E-state index contributed by atoms with van der Waals surface area (Å²) in [5.41, 5.74) is 1.79. The lowest BCUT2D eigenvalue weighted by atomic mass is 10.1. The summed E-state index contributed by atoms with van der Waals surface area (Å²) in [6.45, 7) is 1.13. The van der Waals surface area contributed by atoms with E-state index in [1.54, 1.807) is 18.2 Å². The van der Waals surface area contributed by atoms with E-state index in [9.17, 15) is 30.4 Å². The van der Waals surface area contributed by atoms with Crippen molar-refractivity contribution in [3.8, 4) is 5.75 Å². The van der Waals surface area contributed by atoms with E-state index in [1.807, 2.05) is 5.32 Å². The summed E-state index contributed by atoms with van der Waals surface area (Å²) >= 11 is 0. The minimum Gasteiger partial charge on any atom is -0.487 e. The van der Waals surface area contributed by atoms with Crippen LogP contribution in [0.3, 0.4) is 0 Å². The van der Waals surface area contributed by atoms with Gasteiger partial charge in [-0.25, -0.2) is 25.6 Å². The van der Waals surface area contributed by atoms with Crippen LogP contribution in [0.25, 0.3) is 10.9 Å². The Morgan fingerprint density at radius 1 is 1.15 bits per heavy atom. The molecular weight excluding hydrogens is 467 g/mol. The van der Waals surface area contributed by atoms with Gasteiger partial charge in [0, 0.05) is 23.6 Å². The monoisotopic (exact) mass is 491 g/mol. The van der Waals surface area contributed by atoms with Crippen molar-refractivity contribution in [1.82, 2.24) is 3.97 Å². The molecule has 2 N–H and O–H groups in total. The number of ether oxygens (including phenoxy) is 1. The fourth-order valence-electron chi connectivity index (χ4n) is 3.34. The number of nitrogens with zero attached hydrogens (tertiary/aromatic N) is 1. The Morgan fingerprint density at radius 2 is 1.91 bits per heavy atom. The molecule has 0 aliphatic carbocycles. The molecule has 0 bridgehead atoms. The number of benzene rings is 2. The van der Waals surface area contributed by atoms with Gasteiger partial charge in [-0.05, 0) is 42.8 Å². The van der Waals surface area contributed by atoms with Crippen LogP contribution in [-0.4, -0.2) is 43.6 Å². The Bertz CT molecular complexity index is 1210. The molecule has 1 aromatic heterocycles. The van der Waals surface area contributed by atoms with Gasteiger partial charge in [0.05, 0.1) is 17.8 Å². The molecule has 0 saturated heterocycles. The topological polar surface area (TPSA) is 64.9 Å². The number of hydrogen-bond acceptors (Lipinski definition) is 3. The average Bonchev–Trinajstić information content (AvgIpc) is 3.14. The predicted molar refractivity (Wildman–Crippen MR) is 114 cm³/mol. The Morgan fingerprint density at radius 3 is 2.61 bits per heavy atom. The van der Waals surface area contributed by atoms with E-state index in [-0.39, 0.29) is 17.0 Å². The number of halogens is 5. The van der Waals surface area contributed by atoms with Crippen molar-refractivity contribution < 1.29 is 40.4 Å². The fraction of sp³-hybridized carbons (Fsp3) is 0.364. The van der Waals surface area contributed by atoms with E-state index < -0.39 is 34.8 Å². The van der Waals surface area contributed by atoms with Crippen molar-refractivity contribution >= 4 is 20.9 Å². The van der Waals surface area contributed by atoms with Crippen LogP contribution in [0.1, 0.15) is 18.1 Å². The lowest BCUT2D eigenvalue weighted by molar-refractivity contribution is -0.670.